The summed E-state index contributed by atoms with van der Waals surface area (Å²) in [4.78, 5) is 0. The van der Waals surface area contributed by atoms with Crippen molar-refractivity contribution < 1.29 is 26.3 Å². The number of rotatable bonds is 5. The van der Waals surface area contributed by atoms with E-state index in [1.165, 1.54) is 12.1 Å². The molecular formula is C14H17F3O3S. The number of sulfone groups is 1. The topological polar surface area (TPSA) is 43.4 Å². The maximum absolute atomic E-state index is 12.9. The van der Waals surface area contributed by atoms with Crippen LogP contribution in [0.15, 0.2) is 18.2 Å². The van der Waals surface area contributed by atoms with Gasteiger partial charge >= 0.3 is 6.18 Å². The summed E-state index contributed by atoms with van der Waals surface area (Å²) >= 11 is 0. The van der Waals surface area contributed by atoms with Gasteiger partial charge in [0.15, 0.2) is 0 Å². The SMILES string of the molecule is Cc1ccc(C(F)(F)F)c(OCC2(CS(C)(=O)=O)CC2)c1. The minimum atomic E-state index is -4.49. The third-order valence-electron chi connectivity index (χ3n) is 3.50. The van der Waals surface area contributed by atoms with Crippen LogP contribution in [0, 0.1) is 12.3 Å². The lowest BCUT2D eigenvalue weighted by Gasteiger charge is -2.18. The average Bonchev–Trinajstić information content (AvgIpc) is 3.02. The van der Waals surface area contributed by atoms with E-state index in [1.807, 2.05) is 0 Å². The molecule has 1 aromatic carbocycles. The summed E-state index contributed by atoms with van der Waals surface area (Å²) in [5, 5.41) is 0. The molecule has 0 aromatic heterocycles. The van der Waals surface area contributed by atoms with Crippen LogP contribution >= 0.6 is 0 Å². The highest BCUT2D eigenvalue weighted by atomic mass is 32.2. The first kappa shape index (κ1) is 16.1. The summed E-state index contributed by atoms with van der Waals surface area (Å²) in [7, 11) is -3.17. The van der Waals surface area contributed by atoms with Gasteiger partial charge in [-0.05, 0) is 37.5 Å². The average molecular weight is 322 g/mol. The molecule has 0 atom stereocenters. The maximum Gasteiger partial charge on any atom is 0.419 e. The quantitative estimate of drug-likeness (QED) is 0.836. The predicted molar refractivity (Wildman–Crippen MR) is 73.1 cm³/mol. The Kier molecular flexibility index (Phi) is 3.99. The molecule has 0 spiro atoms. The van der Waals surface area contributed by atoms with Crippen molar-refractivity contribution in [3.05, 3.63) is 29.3 Å². The first-order valence-corrected chi connectivity index (χ1v) is 8.55. The van der Waals surface area contributed by atoms with Crippen molar-refractivity contribution in [3.63, 3.8) is 0 Å². The molecule has 2 rings (SSSR count). The van der Waals surface area contributed by atoms with Gasteiger partial charge in [0, 0.05) is 11.7 Å². The Balaban J connectivity index is 2.15. The lowest BCUT2D eigenvalue weighted by molar-refractivity contribution is -0.139. The predicted octanol–water partition coefficient (Wildman–Crippen LogP) is 3.22. The lowest BCUT2D eigenvalue weighted by atomic mass is 10.1. The molecule has 0 N–H and O–H groups in total. The second-order valence-corrected chi connectivity index (χ2v) is 8.00. The summed E-state index contributed by atoms with van der Waals surface area (Å²) in [5.74, 6) is -0.282. The summed E-state index contributed by atoms with van der Waals surface area (Å²) in [5.41, 5.74) is -0.700. The number of halogens is 3. The van der Waals surface area contributed by atoms with Crippen LogP contribution in [0.5, 0.6) is 5.75 Å². The third-order valence-corrected chi connectivity index (χ3v) is 4.64. The molecule has 0 aliphatic heterocycles. The summed E-state index contributed by atoms with van der Waals surface area (Å²) in [6.07, 6.45) is -2.04. The minimum absolute atomic E-state index is 0.00734. The smallest absolute Gasteiger partial charge is 0.419 e. The Bertz CT molecular complexity index is 631. The zero-order valence-corrected chi connectivity index (χ0v) is 12.6. The standard InChI is InChI=1S/C14H17F3O3S/c1-10-3-4-11(14(15,16)17)12(7-10)20-8-13(5-6-13)9-21(2,18)19/h3-4,7H,5-6,8-9H2,1-2H3. The van der Waals surface area contributed by atoms with E-state index in [0.29, 0.717) is 18.4 Å². The molecule has 0 bridgehead atoms. The van der Waals surface area contributed by atoms with Crippen LogP contribution in [0.2, 0.25) is 0 Å². The number of ether oxygens (including phenoxy) is 1. The Morgan fingerprint density at radius 1 is 1.29 bits per heavy atom. The van der Waals surface area contributed by atoms with Gasteiger partial charge in [-0.25, -0.2) is 8.42 Å². The molecule has 0 heterocycles. The van der Waals surface area contributed by atoms with Crippen LogP contribution < -0.4 is 4.74 Å². The summed E-state index contributed by atoms with van der Waals surface area (Å²) in [6.45, 7) is 1.67. The van der Waals surface area contributed by atoms with Gasteiger partial charge in [0.2, 0.25) is 0 Å². The van der Waals surface area contributed by atoms with Crippen molar-refractivity contribution in [2.24, 2.45) is 5.41 Å². The third kappa shape index (κ3) is 4.36. The van der Waals surface area contributed by atoms with E-state index in [0.717, 1.165) is 12.3 Å². The second kappa shape index (κ2) is 5.19. The largest absolute Gasteiger partial charge is 0.492 e. The van der Waals surface area contributed by atoms with Gasteiger partial charge in [0.1, 0.15) is 15.6 Å². The van der Waals surface area contributed by atoms with Gasteiger partial charge in [0.25, 0.3) is 0 Å². The number of benzene rings is 1. The van der Waals surface area contributed by atoms with Crippen LogP contribution in [0.4, 0.5) is 13.2 Å². The van der Waals surface area contributed by atoms with Gasteiger partial charge in [-0.2, -0.15) is 13.2 Å². The molecule has 0 radical (unpaired) electrons. The highest BCUT2D eigenvalue weighted by molar-refractivity contribution is 7.90. The van der Waals surface area contributed by atoms with Crippen LogP contribution in [0.25, 0.3) is 0 Å². The minimum Gasteiger partial charge on any atom is -0.492 e. The molecule has 1 aliphatic carbocycles. The monoisotopic (exact) mass is 322 g/mol. The van der Waals surface area contributed by atoms with Crippen LogP contribution in [-0.4, -0.2) is 27.0 Å². The van der Waals surface area contributed by atoms with Crippen molar-refractivity contribution in [2.75, 3.05) is 18.6 Å². The van der Waals surface area contributed by atoms with E-state index in [2.05, 4.69) is 0 Å². The fraction of sp³-hybridized carbons (Fsp3) is 0.571. The van der Waals surface area contributed by atoms with Crippen LogP contribution in [0.3, 0.4) is 0 Å². The molecule has 3 nitrogen and oxygen atoms in total. The normalized spacial score (nSPS) is 17.6. The van der Waals surface area contributed by atoms with Gasteiger partial charge in [-0.15, -0.1) is 0 Å². The van der Waals surface area contributed by atoms with E-state index >= 15 is 0 Å². The zero-order valence-electron chi connectivity index (χ0n) is 11.8. The molecule has 0 unspecified atom stereocenters. The molecule has 1 saturated carbocycles. The summed E-state index contributed by atoms with van der Waals surface area (Å²) in [6, 6.07) is 3.69. The fourth-order valence-electron chi connectivity index (χ4n) is 2.28. The summed E-state index contributed by atoms with van der Waals surface area (Å²) < 4.78 is 66.8. The molecule has 1 fully saturated rings. The molecule has 0 saturated heterocycles. The molecule has 21 heavy (non-hydrogen) atoms. The van der Waals surface area contributed by atoms with Gasteiger partial charge in [0.05, 0.1) is 17.9 Å². The van der Waals surface area contributed by atoms with E-state index in [-0.39, 0.29) is 18.1 Å². The molecule has 118 valence electrons. The number of hydrogen-bond donors (Lipinski definition) is 0. The van der Waals surface area contributed by atoms with Crippen molar-refractivity contribution in [2.45, 2.75) is 25.9 Å². The Morgan fingerprint density at radius 3 is 2.38 bits per heavy atom. The Morgan fingerprint density at radius 2 is 1.90 bits per heavy atom. The van der Waals surface area contributed by atoms with Gasteiger partial charge in [-0.1, -0.05) is 6.07 Å². The lowest BCUT2D eigenvalue weighted by Crippen LogP contribution is -2.23. The highest BCUT2D eigenvalue weighted by Crippen LogP contribution is 2.47. The highest BCUT2D eigenvalue weighted by Gasteiger charge is 2.46. The first-order chi connectivity index (χ1) is 9.51. The number of alkyl halides is 3. The van der Waals surface area contributed by atoms with Crippen LogP contribution in [0.1, 0.15) is 24.0 Å². The molecule has 1 aromatic rings. The van der Waals surface area contributed by atoms with E-state index in [4.69, 9.17) is 4.74 Å². The Labute approximate surface area is 122 Å². The van der Waals surface area contributed by atoms with Gasteiger partial charge < -0.3 is 4.74 Å². The molecule has 1 aliphatic rings. The Hall–Kier alpha value is -1.24. The van der Waals surface area contributed by atoms with E-state index in [1.54, 1.807) is 6.92 Å². The van der Waals surface area contributed by atoms with Crippen molar-refractivity contribution in [1.82, 2.24) is 0 Å². The van der Waals surface area contributed by atoms with E-state index in [9.17, 15) is 21.6 Å². The molecule has 0 amide bonds. The van der Waals surface area contributed by atoms with E-state index < -0.39 is 27.0 Å². The molecular weight excluding hydrogens is 305 g/mol. The second-order valence-electron chi connectivity index (χ2n) is 5.86. The fourth-order valence-corrected chi connectivity index (χ4v) is 3.76. The van der Waals surface area contributed by atoms with Crippen molar-refractivity contribution in [1.29, 1.82) is 0 Å². The maximum atomic E-state index is 12.9. The number of hydrogen-bond acceptors (Lipinski definition) is 3. The molecule has 7 heteroatoms. The van der Waals surface area contributed by atoms with Crippen molar-refractivity contribution in [3.8, 4) is 5.75 Å². The van der Waals surface area contributed by atoms with Gasteiger partial charge in [-0.3, -0.25) is 0 Å². The number of aryl methyl sites for hydroxylation is 1. The zero-order chi connectivity index (χ0) is 15.9. The van der Waals surface area contributed by atoms with Crippen LogP contribution in [-0.2, 0) is 16.0 Å². The van der Waals surface area contributed by atoms with Crippen molar-refractivity contribution >= 4 is 9.84 Å². The first-order valence-electron chi connectivity index (χ1n) is 6.49.